The Morgan fingerprint density at radius 3 is 2.66 bits per heavy atom. The second-order valence-corrected chi connectivity index (χ2v) is 11.3. The molecule has 0 fully saturated rings. The molecule has 0 aliphatic carbocycles. The molecule has 0 bridgehead atoms. The van der Waals surface area contributed by atoms with Crippen molar-refractivity contribution in [2.24, 2.45) is 7.05 Å². The highest BCUT2D eigenvalue weighted by molar-refractivity contribution is 7.70. The first-order valence-electron chi connectivity index (χ1n) is 9.50. The molecule has 0 atom stereocenters. The second kappa shape index (κ2) is 7.99. The van der Waals surface area contributed by atoms with Gasteiger partial charge in [-0.05, 0) is 31.5 Å². The largest absolute Gasteiger partial charge is 0.508 e. The summed E-state index contributed by atoms with van der Waals surface area (Å²) in [7, 11) is -0.971. The van der Waals surface area contributed by atoms with Gasteiger partial charge in [0.1, 0.15) is 17.9 Å². The van der Waals surface area contributed by atoms with E-state index >= 15 is 0 Å². The number of hydrogen-bond acceptors (Lipinski definition) is 8. The molecular weight excluding hydrogens is 457 g/mol. The number of benzene rings is 1. The van der Waals surface area contributed by atoms with E-state index < -0.39 is 13.2 Å². The highest BCUT2D eigenvalue weighted by Gasteiger charge is 2.30. The normalized spacial score (nSPS) is 13.2. The van der Waals surface area contributed by atoms with Gasteiger partial charge in [-0.2, -0.15) is 10.1 Å². The Kier molecular flexibility index (Phi) is 5.47. The molecule has 1 aliphatic rings. The Morgan fingerprint density at radius 1 is 1.22 bits per heavy atom. The van der Waals surface area contributed by atoms with Gasteiger partial charge in [0.2, 0.25) is 5.95 Å². The summed E-state index contributed by atoms with van der Waals surface area (Å²) in [4.78, 5) is 21.2. The van der Waals surface area contributed by atoms with Gasteiger partial charge in [0.25, 0.3) is 0 Å². The summed E-state index contributed by atoms with van der Waals surface area (Å²) in [6, 6.07) is 4.52. The smallest absolute Gasteiger partial charge is 0.407 e. The number of hydrogen-bond donors (Lipinski definition) is 4. The lowest BCUT2D eigenvalue weighted by molar-refractivity contribution is 0.144. The van der Waals surface area contributed by atoms with Gasteiger partial charge in [-0.15, -0.1) is 0 Å². The lowest BCUT2D eigenvalue weighted by atomic mass is 10.3. The van der Waals surface area contributed by atoms with Crippen molar-refractivity contribution >= 4 is 53.4 Å². The minimum absolute atomic E-state index is 0.00465. The van der Waals surface area contributed by atoms with Gasteiger partial charge >= 0.3 is 6.09 Å². The summed E-state index contributed by atoms with van der Waals surface area (Å²) in [5.41, 5.74) is 2.04. The van der Waals surface area contributed by atoms with Gasteiger partial charge in [-0.3, -0.25) is 9.58 Å². The fourth-order valence-electron chi connectivity index (χ4n) is 3.45. The van der Waals surface area contributed by atoms with Crippen molar-refractivity contribution in [3.63, 3.8) is 0 Å². The Morgan fingerprint density at radius 2 is 1.97 bits per heavy atom. The number of nitrogens with zero attached hydrogens (tertiary/aromatic N) is 5. The first kappa shape index (κ1) is 21.9. The van der Waals surface area contributed by atoms with E-state index in [1.54, 1.807) is 31.1 Å². The number of aromatic nitrogens is 4. The maximum atomic E-state index is 12.7. The Bertz CT molecular complexity index is 1270. The number of amides is 1. The molecule has 13 heteroatoms. The van der Waals surface area contributed by atoms with Crippen molar-refractivity contribution in [3.05, 3.63) is 40.7 Å². The van der Waals surface area contributed by atoms with Crippen LogP contribution in [0.25, 0.3) is 0 Å². The van der Waals surface area contributed by atoms with Crippen LogP contribution in [0.1, 0.15) is 11.3 Å². The topological polar surface area (TPSA) is 145 Å². The summed E-state index contributed by atoms with van der Waals surface area (Å²) in [6.07, 6.45) is 0.402. The minimum atomic E-state index is -2.71. The van der Waals surface area contributed by atoms with Gasteiger partial charge in [-0.25, -0.2) is 9.78 Å². The number of nitrogens with one attached hydrogen (secondary N) is 2. The fraction of sp³-hybridized carbons (Fsp3) is 0.263. The quantitative estimate of drug-likeness (QED) is 0.321. The number of anilines is 4. The third-order valence-corrected chi connectivity index (χ3v) is 6.83. The summed E-state index contributed by atoms with van der Waals surface area (Å²) < 4.78 is 14.3. The number of aromatic hydroxyl groups is 1. The van der Waals surface area contributed by atoms with Gasteiger partial charge in [-0.1, -0.05) is 11.6 Å². The van der Waals surface area contributed by atoms with E-state index in [1.807, 2.05) is 0 Å². The van der Waals surface area contributed by atoms with Crippen LogP contribution >= 0.6 is 18.7 Å². The maximum Gasteiger partial charge on any atom is 0.407 e. The number of carboxylic acid groups (broad SMARTS) is 1. The summed E-state index contributed by atoms with van der Waals surface area (Å²) in [6.45, 7) is 3.66. The Hall–Kier alpha value is -3.30. The highest BCUT2D eigenvalue weighted by Crippen LogP contribution is 2.40. The van der Waals surface area contributed by atoms with Crippen LogP contribution in [0.5, 0.6) is 5.75 Å². The molecule has 0 radical (unpaired) electrons. The SMILES string of the molecule is Cn1nc(Nc2ncc(Cl)c(Nc3ccc(O)cc3P(C)(C)=O)n2)c2c1CN(C(=O)O)C2. The molecule has 1 aromatic carbocycles. The molecule has 0 spiro atoms. The number of halogens is 1. The molecule has 3 heterocycles. The zero-order chi connectivity index (χ0) is 23.2. The average molecular weight is 478 g/mol. The van der Waals surface area contributed by atoms with E-state index in [0.717, 1.165) is 11.3 Å². The lowest BCUT2D eigenvalue weighted by Gasteiger charge is -2.16. The molecule has 168 valence electrons. The van der Waals surface area contributed by atoms with Crippen molar-refractivity contribution in [2.45, 2.75) is 13.1 Å². The minimum Gasteiger partial charge on any atom is -0.508 e. The van der Waals surface area contributed by atoms with Gasteiger partial charge in [0, 0.05) is 17.9 Å². The molecule has 1 aliphatic heterocycles. The van der Waals surface area contributed by atoms with Crippen LogP contribution in [-0.2, 0) is 24.7 Å². The number of phenolic OH excluding ortho intramolecular Hbond substituents is 1. The van der Waals surface area contributed by atoms with Crippen LogP contribution in [0.2, 0.25) is 5.02 Å². The molecular formula is C19H21ClN7O4P. The molecule has 0 saturated heterocycles. The van der Waals surface area contributed by atoms with Gasteiger partial charge < -0.3 is 25.4 Å². The predicted molar refractivity (Wildman–Crippen MR) is 121 cm³/mol. The van der Waals surface area contributed by atoms with Crippen LogP contribution in [0.15, 0.2) is 24.4 Å². The summed E-state index contributed by atoms with van der Waals surface area (Å²) >= 11 is 6.27. The van der Waals surface area contributed by atoms with E-state index in [-0.39, 0.29) is 35.6 Å². The molecule has 4 N–H and O–H groups in total. The third-order valence-electron chi connectivity index (χ3n) is 5.02. The average Bonchev–Trinajstić information content (AvgIpc) is 3.27. The Labute approximate surface area is 188 Å². The van der Waals surface area contributed by atoms with Crippen LogP contribution in [-0.4, -0.2) is 54.3 Å². The van der Waals surface area contributed by atoms with Crippen LogP contribution in [0, 0.1) is 0 Å². The maximum absolute atomic E-state index is 12.7. The zero-order valence-corrected chi connectivity index (χ0v) is 19.1. The molecule has 11 nitrogen and oxygen atoms in total. The molecule has 4 rings (SSSR count). The highest BCUT2D eigenvalue weighted by atomic mass is 35.5. The molecule has 0 unspecified atom stereocenters. The summed E-state index contributed by atoms with van der Waals surface area (Å²) in [5, 5.41) is 30.3. The number of rotatable bonds is 5. The van der Waals surface area contributed by atoms with Crippen molar-refractivity contribution in [1.29, 1.82) is 0 Å². The third kappa shape index (κ3) is 4.21. The van der Waals surface area contributed by atoms with E-state index in [1.165, 1.54) is 23.2 Å². The van der Waals surface area contributed by atoms with E-state index in [4.69, 9.17) is 11.6 Å². The Balaban J connectivity index is 1.63. The van der Waals surface area contributed by atoms with Crippen molar-refractivity contribution < 1.29 is 19.6 Å². The van der Waals surface area contributed by atoms with Crippen LogP contribution in [0.3, 0.4) is 0 Å². The second-order valence-electron chi connectivity index (χ2n) is 7.73. The van der Waals surface area contributed by atoms with E-state index in [9.17, 15) is 19.6 Å². The molecule has 1 amide bonds. The number of phenols is 1. The van der Waals surface area contributed by atoms with Crippen LogP contribution in [0.4, 0.5) is 28.1 Å². The van der Waals surface area contributed by atoms with Crippen LogP contribution < -0.4 is 15.9 Å². The lowest BCUT2D eigenvalue weighted by Crippen LogP contribution is -2.24. The zero-order valence-electron chi connectivity index (χ0n) is 17.5. The molecule has 2 aromatic heterocycles. The van der Waals surface area contributed by atoms with Crippen molar-refractivity contribution in [3.8, 4) is 5.75 Å². The van der Waals surface area contributed by atoms with Gasteiger partial charge in [0.05, 0.1) is 30.7 Å². The fourth-order valence-corrected chi connectivity index (χ4v) is 4.74. The molecule has 3 aromatic rings. The number of fused-ring (bicyclic) bond motifs is 1. The van der Waals surface area contributed by atoms with E-state index in [0.29, 0.717) is 16.8 Å². The first-order chi connectivity index (χ1) is 15.0. The van der Waals surface area contributed by atoms with E-state index in [2.05, 4.69) is 25.7 Å². The summed E-state index contributed by atoms with van der Waals surface area (Å²) in [5.74, 6) is 0.925. The van der Waals surface area contributed by atoms with Crippen molar-refractivity contribution in [1.82, 2.24) is 24.6 Å². The number of aryl methyl sites for hydroxylation is 1. The molecule has 0 saturated carbocycles. The standard InChI is InChI=1S/C19H21ClN7O4P/c1-26-14-9-27(19(29)30)8-11(14)16(25-26)23-18-21-7-12(20)17(24-18)22-13-5-4-10(28)6-15(13)32(2,3)31/h4-7,28H,8-9H2,1-3H3,(H,29,30)(H2,21,22,23,24,25). The molecule has 32 heavy (non-hydrogen) atoms. The van der Waals surface area contributed by atoms with Crippen molar-refractivity contribution in [2.75, 3.05) is 24.0 Å². The van der Waals surface area contributed by atoms with Gasteiger partial charge in [0.15, 0.2) is 11.6 Å². The first-order valence-corrected chi connectivity index (χ1v) is 12.5. The number of carbonyl (C=O) groups is 1. The predicted octanol–water partition coefficient (Wildman–Crippen LogP) is 3.30. The monoisotopic (exact) mass is 477 g/mol.